The molecule has 0 radical (unpaired) electrons. The average molecular weight is 798 g/mol. The fraction of sp³-hybridized carbons (Fsp3) is 0. The lowest BCUT2D eigenvalue weighted by molar-refractivity contribution is 1.20. The predicted molar refractivity (Wildman–Crippen MR) is 254 cm³/mol. The zero-order chi connectivity index (χ0) is 40.7. The van der Waals surface area contributed by atoms with Gasteiger partial charge in [0.15, 0.2) is 0 Å². The van der Waals surface area contributed by atoms with Crippen molar-refractivity contribution in [2.75, 3.05) is 4.90 Å². The normalized spacial score (nSPS) is 11.3. The van der Waals surface area contributed by atoms with Crippen LogP contribution in [0.5, 0.6) is 0 Å². The van der Waals surface area contributed by atoms with Crippen molar-refractivity contribution in [3.8, 4) is 22.9 Å². The van der Waals surface area contributed by atoms with Gasteiger partial charge in [-0.1, -0.05) is 158 Å². The lowest BCUT2D eigenvalue weighted by Crippen LogP contribution is -2.10. The molecule has 6 heteroatoms. The second-order valence-corrected chi connectivity index (χ2v) is 15.5. The second-order valence-electron chi connectivity index (χ2n) is 15.0. The van der Waals surface area contributed by atoms with Gasteiger partial charge in [-0.05, 0) is 82.2 Å². The zero-order valence-electron chi connectivity index (χ0n) is 32.9. The lowest BCUT2D eigenvalue weighted by atomic mass is 9.90. The molecule has 0 aliphatic rings. The molecule has 0 atom stereocenters. The minimum absolute atomic E-state index is 0.613. The predicted octanol–water partition coefficient (Wildman–Crippen LogP) is 14.6. The summed E-state index contributed by atoms with van der Waals surface area (Å²) in [6.45, 7) is 0. The Morgan fingerprint density at radius 3 is 1.84 bits per heavy atom. The largest absolute Gasteiger partial charge is 0.309 e. The highest BCUT2D eigenvalue weighted by Crippen LogP contribution is 2.43. The van der Waals surface area contributed by atoms with Gasteiger partial charge in [0, 0.05) is 38.7 Å². The van der Waals surface area contributed by atoms with Gasteiger partial charge in [0.25, 0.3) is 0 Å². The number of rotatable bonds is 8. The van der Waals surface area contributed by atoms with Gasteiger partial charge in [0.2, 0.25) is 0 Å². The third-order valence-corrected chi connectivity index (χ3v) is 12.1. The van der Waals surface area contributed by atoms with Crippen molar-refractivity contribution < 1.29 is 0 Å². The Hall–Kier alpha value is -8.11. The molecule has 0 saturated carbocycles. The third-order valence-electron chi connectivity index (χ3n) is 11.5. The molecule has 0 unspecified atom stereocenters. The van der Waals surface area contributed by atoms with Crippen LogP contribution in [0.25, 0.3) is 71.6 Å². The van der Waals surface area contributed by atoms with E-state index >= 15 is 0 Å². The molecule has 11 rings (SSSR count). The van der Waals surface area contributed by atoms with Gasteiger partial charge in [-0.3, -0.25) is 0 Å². The van der Waals surface area contributed by atoms with E-state index in [1.165, 1.54) is 38.8 Å². The van der Waals surface area contributed by atoms with Crippen LogP contribution in [-0.2, 0) is 0 Å². The Morgan fingerprint density at radius 1 is 0.492 bits per heavy atom. The summed E-state index contributed by atoms with van der Waals surface area (Å²) in [4.78, 5) is 2.23. The molecule has 9 aromatic carbocycles. The van der Waals surface area contributed by atoms with Crippen molar-refractivity contribution in [3.05, 3.63) is 229 Å². The number of allylic oxidation sites excluding steroid dienone is 1. The summed E-state index contributed by atoms with van der Waals surface area (Å²) in [6, 6.07) is 76.3. The first kappa shape index (κ1) is 36.0. The Labute approximate surface area is 357 Å². The molecular weight excluding hydrogens is 763 g/mol. The van der Waals surface area contributed by atoms with Crippen molar-refractivity contribution >= 4 is 83.5 Å². The van der Waals surface area contributed by atoms with Crippen LogP contribution in [0.15, 0.2) is 212 Å². The summed E-state index contributed by atoms with van der Waals surface area (Å²) >= 11 is 1.23. The first-order valence-electron chi connectivity index (χ1n) is 20.2. The van der Waals surface area contributed by atoms with Crippen LogP contribution in [-0.4, -0.2) is 13.3 Å². The van der Waals surface area contributed by atoms with Crippen molar-refractivity contribution in [1.82, 2.24) is 13.3 Å². The zero-order valence-corrected chi connectivity index (χ0v) is 33.7. The van der Waals surface area contributed by atoms with E-state index in [4.69, 9.17) is 8.75 Å². The van der Waals surface area contributed by atoms with E-state index in [1.807, 2.05) is 66.7 Å². The molecule has 0 amide bonds. The third kappa shape index (κ3) is 6.24. The number of aromatic nitrogens is 3. The van der Waals surface area contributed by atoms with E-state index in [0.717, 1.165) is 72.7 Å². The van der Waals surface area contributed by atoms with E-state index < -0.39 is 0 Å². The number of hydrogen-bond donors (Lipinski definition) is 0. The number of hydrogen-bond acceptors (Lipinski definition) is 5. The molecule has 61 heavy (non-hydrogen) atoms. The standard InChI is InChI=1S/C55H35N5S/c56-36-48(53(39-16-4-1-5-17-39)40-18-6-2-7-19-40)38-27-30-43(31-28-38)59(42-21-8-3-9-22-42)51-34-33-45(54-55(51)58-61-57-54)41-29-32-47-46-24-12-13-25-50(46)60(52(47)35-41)49-26-14-20-37-15-10-11-23-44(37)49/h1-35H. The van der Waals surface area contributed by atoms with Crippen LogP contribution in [0, 0.1) is 11.3 Å². The maximum absolute atomic E-state index is 10.7. The monoisotopic (exact) mass is 797 g/mol. The van der Waals surface area contributed by atoms with Crippen LogP contribution in [0.3, 0.4) is 0 Å². The molecule has 0 saturated heterocycles. The molecular formula is C55H35N5S. The summed E-state index contributed by atoms with van der Waals surface area (Å²) in [5.41, 5.74) is 14.4. The first-order valence-corrected chi connectivity index (χ1v) is 21.0. The van der Waals surface area contributed by atoms with Gasteiger partial charge in [-0.2, -0.15) is 14.0 Å². The topological polar surface area (TPSA) is 57.7 Å². The van der Waals surface area contributed by atoms with Crippen LogP contribution in [0.1, 0.15) is 16.7 Å². The molecule has 0 aliphatic carbocycles. The summed E-state index contributed by atoms with van der Waals surface area (Å²) in [5, 5.41) is 15.5. The Morgan fingerprint density at radius 2 is 1.10 bits per heavy atom. The molecule has 0 aliphatic heterocycles. The molecule has 0 spiro atoms. The fourth-order valence-corrected chi connectivity index (χ4v) is 9.35. The quantitative estimate of drug-likeness (QED) is 0.113. The fourth-order valence-electron chi connectivity index (χ4n) is 8.78. The smallest absolute Gasteiger partial charge is 0.129 e. The highest BCUT2D eigenvalue weighted by molar-refractivity contribution is 7.00. The van der Waals surface area contributed by atoms with Crippen molar-refractivity contribution in [2.45, 2.75) is 0 Å². The number of para-hydroxylation sites is 2. The number of fused-ring (bicyclic) bond motifs is 5. The van der Waals surface area contributed by atoms with E-state index in [0.29, 0.717) is 5.57 Å². The van der Waals surface area contributed by atoms with Gasteiger partial charge in [-0.15, -0.1) is 0 Å². The molecule has 2 aromatic heterocycles. The lowest BCUT2D eigenvalue weighted by Gasteiger charge is -2.26. The summed E-state index contributed by atoms with van der Waals surface area (Å²) < 4.78 is 12.3. The first-order chi connectivity index (χ1) is 30.2. The summed E-state index contributed by atoms with van der Waals surface area (Å²) in [5.74, 6) is 0. The SMILES string of the molecule is N#CC(=C(c1ccccc1)c1ccccc1)c1ccc(N(c2ccccc2)c2ccc(-c3ccc4c5ccccc5n(-c5cccc6ccccc56)c4c3)c3nsnc23)cc1. The van der Waals surface area contributed by atoms with Gasteiger partial charge in [0.05, 0.1) is 39.7 Å². The van der Waals surface area contributed by atoms with E-state index in [-0.39, 0.29) is 0 Å². The number of anilines is 3. The Kier molecular flexibility index (Phi) is 9.00. The molecule has 2 heterocycles. The maximum atomic E-state index is 10.7. The molecule has 0 bridgehead atoms. The average Bonchev–Trinajstić information content (AvgIpc) is 3.96. The van der Waals surface area contributed by atoms with E-state index in [1.54, 1.807) is 0 Å². The van der Waals surface area contributed by atoms with E-state index in [9.17, 15) is 5.26 Å². The van der Waals surface area contributed by atoms with Gasteiger partial charge in [-0.25, -0.2) is 0 Å². The van der Waals surface area contributed by atoms with Gasteiger partial charge < -0.3 is 9.47 Å². The summed E-state index contributed by atoms with van der Waals surface area (Å²) in [6.07, 6.45) is 0. The molecule has 0 fully saturated rings. The van der Waals surface area contributed by atoms with Crippen LogP contribution in [0.4, 0.5) is 17.1 Å². The van der Waals surface area contributed by atoms with Crippen molar-refractivity contribution in [1.29, 1.82) is 5.26 Å². The van der Waals surface area contributed by atoms with Crippen molar-refractivity contribution in [3.63, 3.8) is 0 Å². The van der Waals surface area contributed by atoms with Crippen LogP contribution >= 0.6 is 11.7 Å². The Bertz CT molecular complexity index is 3430. The number of nitrogens with zero attached hydrogens (tertiary/aromatic N) is 5. The maximum Gasteiger partial charge on any atom is 0.129 e. The minimum atomic E-state index is 0.613. The second kappa shape index (κ2) is 15.2. The van der Waals surface area contributed by atoms with Gasteiger partial charge >= 0.3 is 0 Å². The Balaban J connectivity index is 1.05. The van der Waals surface area contributed by atoms with E-state index in [2.05, 4.69) is 161 Å². The summed E-state index contributed by atoms with van der Waals surface area (Å²) in [7, 11) is 0. The van der Waals surface area contributed by atoms with Crippen molar-refractivity contribution in [2.24, 2.45) is 0 Å². The number of nitriles is 1. The highest BCUT2D eigenvalue weighted by atomic mass is 32.1. The molecule has 286 valence electrons. The molecule has 5 nitrogen and oxygen atoms in total. The minimum Gasteiger partial charge on any atom is -0.309 e. The molecule has 11 aromatic rings. The number of benzene rings is 9. The molecule has 0 N–H and O–H groups in total. The van der Waals surface area contributed by atoms with Crippen LogP contribution < -0.4 is 4.90 Å². The van der Waals surface area contributed by atoms with Crippen LogP contribution in [0.2, 0.25) is 0 Å². The highest BCUT2D eigenvalue weighted by Gasteiger charge is 2.22. The van der Waals surface area contributed by atoms with Gasteiger partial charge in [0.1, 0.15) is 17.1 Å².